The van der Waals surface area contributed by atoms with Crippen LogP contribution in [-0.4, -0.2) is 35.6 Å². The summed E-state index contributed by atoms with van der Waals surface area (Å²) >= 11 is 0. The number of sulfonamides is 1. The van der Waals surface area contributed by atoms with Crippen LogP contribution in [0.25, 0.3) is 0 Å². The van der Waals surface area contributed by atoms with Crippen LogP contribution in [0.4, 0.5) is 5.82 Å². The highest BCUT2D eigenvalue weighted by atomic mass is 32.2. The highest BCUT2D eigenvalue weighted by molar-refractivity contribution is 7.89. The first-order valence-corrected chi connectivity index (χ1v) is 11.4. The number of hydrogen-bond acceptors (Lipinski definition) is 5. The van der Waals surface area contributed by atoms with Crippen molar-refractivity contribution in [2.75, 3.05) is 11.9 Å². The average Bonchev–Trinajstić information content (AvgIpc) is 3.14. The molecule has 0 spiro atoms. The Balaban J connectivity index is 1.48. The van der Waals surface area contributed by atoms with Gasteiger partial charge in [0.05, 0.1) is 11.4 Å². The first-order valence-electron chi connectivity index (χ1n) is 9.96. The number of nitrogens with one attached hydrogen (secondary N) is 2. The van der Waals surface area contributed by atoms with Crippen LogP contribution >= 0.6 is 0 Å². The fraction of sp³-hybridized carbons (Fsp3) is 0.318. The second kappa shape index (κ2) is 9.40. The summed E-state index contributed by atoms with van der Waals surface area (Å²) in [6.45, 7) is 6.75. The lowest BCUT2D eigenvalue weighted by molar-refractivity contribution is -0.116. The number of aromatic nitrogens is 3. The molecule has 1 amide bonds. The third-order valence-corrected chi connectivity index (χ3v) is 6.15. The van der Waals surface area contributed by atoms with E-state index < -0.39 is 10.0 Å². The molecule has 0 atom stereocenters. The third kappa shape index (κ3) is 6.47. The molecule has 0 saturated heterocycles. The van der Waals surface area contributed by atoms with Crippen molar-refractivity contribution in [3.05, 3.63) is 72.2 Å². The van der Waals surface area contributed by atoms with Crippen LogP contribution < -0.4 is 10.0 Å². The Labute approximate surface area is 182 Å². The van der Waals surface area contributed by atoms with Crippen molar-refractivity contribution in [1.29, 1.82) is 0 Å². The maximum absolute atomic E-state index is 12.4. The van der Waals surface area contributed by atoms with Gasteiger partial charge in [0.15, 0.2) is 5.82 Å². The van der Waals surface area contributed by atoms with E-state index in [-0.39, 0.29) is 29.2 Å². The quantitative estimate of drug-likeness (QED) is 0.559. The molecule has 0 bridgehead atoms. The molecule has 3 rings (SSSR count). The molecule has 0 aliphatic heterocycles. The Bertz CT molecular complexity index is 1120. The van der Waals surface area contributed by atoms with Crippen molar-refractivity contribution in [3.8, 4) is 0 Å². The zero-order valence-corrected chi connectivity index (χ0v) is 18.7. The van der Waals surface area contributed by atoms with E-state index in [1.807, 2.05) is 24.3 Å². The summed E-state index contributed by atoms with van der Waals surface area (Å²) < 4.78 is 29.1. The van der Waals surface area contributed by atoms with Gasteiger partial charge in [-0.1, -0.05) is 32.9 Å². The van der Waals surface area contributed by atoms with Crippen molar-refractivity contribution in [2.45, 2.75) is 44.0 Å². The molecule has 2 heterocycles. The lowest BCUT2D eigenvalue weighted by Crippen LogP contribution is -2.28. The zero-order valence-electron chi connectivity index (χ0n) is 17.9. The maximum Gasteiger partial charge on any atom is 0.240 e. The second-order valence-electron chi connectivity index (χ2n) is 8.22. The van der Waals surface area contributed by atoms with Gasteiger partial charge < -0.3 is 5.32 Å². The lowest BCUT2D eigenvalue weighted by atomic mass is 9.87. The van der Waals surface area contributed by atoms with Crippen molar-refractivity contribution in [2.24, 2.45) is 0 Å². The van der Waals surface area contributed by atoms with Gasteiger partial charge in [-0.2, -0.15) is 5.10 Å². The van der Waals surface area contributed by atoms with Gasteiger partial charge in [0, 0.05) is 37.6 Å². The number of anilines is 1. The van der Waals surface area contributed by atoms with Crippen molar-refractivity contribution < 1.29 is 13.2 Å². The molecule has 8 nitrogen and oxygen atoms in total. The molecule has 164 valence electrons. The molecule has 1 aromatic carbocycles. The highest BCUT2D eigenvalue weighted by Crippen LogP contribution is 2.23. The van der Waals surface area contributed by atoms with E-state index in [4.69, 9.17) is 0 Å². The largest absolute Gasteiger partial charge is 0.309 e. The summed E-state index contributed by atoms with van der Waals surface area (Å²) in [7, 11) is -3.68. The van der Waals surface area contributed by atoms with Gasteiger partial charge in [-0.25, -0.2) is 13.1 Å². The van der Waals surface area contributed by atoms with E-state index in [1.54, 1.807) is 41.5 Å². The topological polar surface area (TPSA) is 106 Å². The Morgan fingerprint density at radius 1 is 1.03 bits per heavy atom. The van der Waals surface area contributed by atoms with Gasteiger partial charge in [0.25, 0.3) is 0 Å². The number of rotatable bonds is 8. The lowest BCUT2D eigenvalue weighted by Gasteiger charge is -2.19. The second-order valence-corrected chi connectivity index (χ2v) is 9.99. The first-order chi connectivity index (χ1) is 14.6. The van der Waals surface area contributed by atoms with Gasteiger partial charge in [0.2, 0.25) is 15.9 Å². The summed E-state index contributed by atoms with van der Waals surface area (Å²) in [5, 5.41) is 6.98. The van der Waals surface area contributed by atoms with Gasteiger partial charge in [0.1, 0.15) is 0 Å². The molecule has 0 radical (unpaired) electrons. The predicted molar refractivity (Wildman–Crippen MR) is 119 cm³/mol. The highest BCUT2D eigenvalue weighted by Gasteiger charge is 2.17. The summed E-state index contributed by atoms with van der Waals surface area (Å²) in [6, 6.07) is 12.3. The minimum Gasteiger partial charge on any atom is -0.309 e. The van der Waals surface area contributed by atoms with Crippen LogP contribution in [0.3, 0.4) is 0 Å². The number of nitrogens with zero attached hydrogens (tertiary/aromatic N) is 3. The minimum absolute atomic E-state index is 0.00345. The molecular formula is C22H27N5O3S. The van der Waals surface area contributed by atoms with Gasteiger partial charge in [-0.05, 0) is 40.8 Å². The van der Waals surface area contributed by atoms with E-state index in [0.29, 0.717) is 12.4 Å². The number of pyridine rings is 1. The van der Waals surface area contributed by atoms with Gasteiger partial charge in [-0.3, -0.25) is 14.5 Å². The maximum atomic E-state index is 12.4. The van der Waals surface area contributed by atoms with E-state index >= 15 is 0 Å². The molecule has 0 aliphatic rings. The normalized spacial score (nSPS) is 12.0. The van der Waals surface area contributed by atoms with Crippen LogP contribution in [0, 0.1) is 0 Å². The Kier molecular flexibility index (Phi) is 6.87. The molecule has 2 N–H and O–H groups in total. The number of amides is 1. The number of carbonyl (C=O) groups is 1. The Hall–Kier alpha value is -3.04. The van der Waals surface area contributed by atoms with Crippen molar-refractivity contribution >= 4 is 21.7 Å². The Morgan fingerprint density at radius 3 is 2.35 bits per heavy atom. The average molecular weight is 442 g/mol. The smallest absolute Gasteiger partial charge is 0.240 e. The molecule has 2 aromatic heterocycles. The van der Waals surface area contributed by atoms with E-state index in [1.165, 1.54) is 0 Å². The van der Waals surface area contributed by atoms with Gasteiger partial charge >= 0.3 is 0 Å². The summed E-state index contributed by atoms with van der Waals surface area (Å²) in [6.07, 6.45) is 5.18. The SMILES string of the molecule is CC(C)(C)c1ccc(S(=O)(=O)NCCC(=O)Nc2ccn(Cc3ccncc3)n2)cc1. The predicted octanol–water partition coefficient (Wildman–Crippen LogP) is 2.93. The van der Waals surface area contributed by atoms with Crippen LogP contribution in [0.15, 0.2) is 66.0 Å². The molecule has 0 saturated carbocycles. The van der Waals surface area contributed by atoms with Crippen LogP contribution in [0.1, 0.15) is 38.3 Å². The molecule has 31 heavy (non-hydrogen) atoms. The third-order valence-electron chi connectivity index (χ3n) is 4.68. The first kappa shape index (κ1) is 22.6. The minimum atomic E-state index is -3.68. The van der Waals surface area contributed by atoms with E-state index in [2.05, 4.69) is 40.9 Å². The van der Waals surface area contributed by atoms with Crippen LogP contribution in [0.2, 0.25) is 0 Å². The molecule has 0 unspecified atom stereocenters. The Morgan fingerprint density at radius 2 is 1.71 bits per heavy atom. The van der Waals surface area contributed by atoms with Crippen LogP contribution in [-0.2, 0) is 26.8 Å². The van der Waals surface area contributed by atoms with Crippen LogP contribution in [0.5, 0.6) is 0 Å². The molecule has 0 fully saturated rings. The van der Waals surface area contributed by atoms with E-state index in [0.717, 1.165) is 11.1 Å². The van der Waals surface area contributed by atoms with Gasteiger partial charge in [-0.15, -0.1) is 0 Å². The summed E-state index contributed by atoms with van der Waals surface area (Å²) in [5.41, 5.74) is 2.04. The van der Waals surface area contributed by atoms with Crippen molar-refractivity contribution in [3.63, 3.8) is 0 Å². The molecule has 3 aromatic rings. The van der Waals surface area contributed by atoms with Crippen molar-refractivity contribution in [1.82, 2.24) is 19.5 Å². The number of hydrogen-bond donors (Lipinski definition) is 2. The number of carbonyl (C=O) groups excluding carboxylic acids is 1. The standard InChI is InChI=1S/C22H27N5O3S/c1-22(2,3)18-4-6-19(7-5-18)31(29,30)24-14-10-21(28)25-20-11-15-27(26-20)16-17-8-12-23-13-9-17/h4-9,11-13,15,24H,10,14,16H2,1-3H3,(H,25,26,28). The van der Waals surface area contributed by atoms with E-state index in [9.17, 15) is 13.2 Å². The fourth-order valence-electron chi connectivity index (χ4n) is 2.91. The molecule has 0 aliphatic carbocycles. The fourth-order valence-corrected chi connectivity index (χ4v) is 3.95. The molecular weight excluding hydrogens is 414 g/mol. The molecule has 9 heteroatoms. The summed E-state index contributed by atoms with van der Waals surface area (Å²) in [5.74, 6) is 0.0969. The number of benzene rings is 1. The summed E-state index contributed by atoms with van der Waals surface area (Å²) in [4.78, 5) is 16.3. The monoisotopic (exact) mass is 441 g/mol. The zero-order chi connectivity index (χ0) is 22.5.